The van der Waals surface area contributed by atoms with E-state index in [1.807, 2.05) is 47.2 Å². The third-order valence-electron chi connectivity index (χ3n) is 3.16. The van der Waals surface area contributed by atoms with Crippen LogP contribution in [0.2, 0.25) is 0 Å². The molecule has 3 aromatic rings. The molecule has 0 atom stereocenters. The molecule has 0 spiro atoms. The van der Waals surface area contributed by atoms with Crippen molar-refractivity contribution in [1.29, 1.82) is 0 Å². The van der Waals surface area contributed by atoms with Gasteiger partial charge in [-0.3, -0.25) is 10.1 Å². The Bertz CT molecular complexity index is 803. The number of fused-ring (bicyclic) bond motifs is 1. The number of nitro groups is 1. The van der Waals surface area contributed by atoms with Gasteiger partial charge in [0.15, 0.2) is 0 Å². The van der Waals surface area contributed by atoms with Crippen LogP contribution in [0.5, 0.6) is 0 Å². The quantitative estimate of drug-likeness (QED) is 0.532. The molecule has 3 rings (SSSR count). The van der Waals surface area contributed by atoms with E-state index >= 15 is 0 Å². The third kappa shape index (κ3) is 2.31. The normalized spacial score (nSPS) is 11.2. The van der Waals surface area contributed by atoms with Crippen LogP contribution < -0.4 is 0 Å². The summed E-state index contributed by atoms with van der Waals surface area (Å²) in [6.07, 6.45) is 4.34. The molecule has 0 radical (unpaired) electrons. The van der Waals surface area contributed by atoms with Gasteiger partial charge in [0.05, 0.1) is 10.6 Å². The molecule has 4 heteroatoms. The summed E-state index contributed by atoms with van der Waals surface area (Å²) in [6.45, 7) is 0. The van der Waals surface area contributed by atoms with Gasteiger partial charge in [0.2, 0.25) is 6.20 Å². The van der Waals surface area contributed by atoms with E-state index in [4.69, 9.17) is 0 Å². The van der Waals surface area contributed by atoms with Crippen LogP contribution in [0.3, 0.4) is 0 Å². The van der Waals surface area contributed by atoms with Crippen LogP contribution in [0, 0.1) is 10.1 Å². The van der Waals surface area contributed by atoms with Gasteiger partial charge in [0.1, 0.15) is 0 Å². The molecule has 98 valence electrons. The molecule has 0 aliphatic heterocycles. The molecule has 20 heavy (non-hydrogen) atoms. The molecule has 0 N–H and O–H groups in total. The van der Waals surface area contributed by atoms with Crippen molar-refractivity contribution >= 4 is 16.8 Å². The first kappa shape index (κ1) is 12.2. The summed E-state index contributed by atoms with van der Waals surface area (Å²) in [5.74, 6) is 0. The van der Waals surface area contributed by atoms with Gasteiger partial charge in [-0.25, -0.2) is 0 Å². The van der Waals surface area contributed by atoms with E-state index in [0.717, 1.165) is 23.0 Å². The number of rotatable bonds is 3. The minimum absolute atomic E-state index is 0.461. The average molecular weight is 264 g/mol. The van der Waals surface area contributed by atoms with Crippen LogP contribution in [-0.4, -0.2) is 9.49 Å². The van der Waals surface area contributed by atoms with Crippen LogP contribution in [0.25, 0.3) is 22.5 Å². The first-order chi connectivity index (χ1) is 9.74. The lowest BCUT2D eigenvalue weighted by Gasteiger charge is -2.07. The minimum atomic E-state index is -0.461. The lowest BCUT2D eigenvalue weighted by molar-refractivity contribution is -0.401. The maximum absolute atomic E-state index is 10.4. The molecule has 0 aliphatic carbocycles. The molecule has 4 nitrogen and oxygen atoms in total. The molecular formula is C16H12N2O2. The predicted molar refractivity (Wildman–Crippen MR) is 79.3 cm³/mol. The minimum Gasteiger partial charge on any atom is -0.317 e. The van der Waals surface area contributed by atoms with Gasteiger partial charge in [0, 0.05) is 18.0 Å². The molecule has 0 saturated carbocycles. The van der Waals surface area contributed by atoms with E-state index < -0.39 is 4.92 Å². The summed E-state index contributed by atoms with van der Waals surface area (Å²) < 4.78 is 1.92. The highest BCUT2D eigenvalue weighted by atomic mass is 16.6. The van der Waals surface area contributed by atoms with Crippen LogP contribution in [0.1, 0.15) is 5.69 Å². The molecule has 0 saturated heterocycles. The molecule has 0 amide bonds. The largest absolute Gasteiger partial charge is 0.317 e. The van der Waals surface area contributed by atoms with E-state index in [1.165, 1.54) is 11.5 Å². The number of aromatic nitrogens is 1. The Morgan fingerprint density at radius 3 is 2.60 bits per heavy atom. The zero-order chi connectivity index (χ0) is 13.9. The Morgan fingerprint density at radius 2 is 1.80 bits per heavy atom. The Hall–Kier alpha value is -2.88. The molecule has 0 bridgehead atoms. The third-order valence-corrected chi connectivity index (χ3v) is 3.16. The van der Waals surface area contributed by atoms with Gasteiger partial charge in [-0.15, -0.1) is 0 Å². The van der Waals surface area contributed by atoms with Crippen molar-refractivity contribution in [3.63, 3.8) is 0 Å². The Kier molecular flexibility index (Phi) is 3.05. The fraction of sp³-hybridized carbons (Fsp3) is 0. The summed E-state index contributed by atoms with van der Waals surface area (Å²) in [6, 6.07) is 17.9. The van der Waals surface area contributed by atoms with Gasteiger partial charge in [-0.2, -0.15) is 0 Å². The smallest absolute Gasteiger partial charge is 0.236 e. The van der Waals surface area contributed by atoms with Crippen LogP contribution in [0.15, 0.2) is 67.0 Å². The first-order valence-electron chi connectivity index (χ1n) is 6.22. The highest BCUT2D eigenvalue weighted by Gasteiger charge is 2.03. The fourth-order valence-electron chi connectivity index (χ4n) is 2.23. The molecular weight excluding hydrogens is 252 g/mol. The van der Waals surface area contributed by atoms with Gasteiger partial charge >= 0.3 is 0 Å². The van der Waals surface area contributed by atoms with E-state index in [0.29, 0.717) is 0 Å². The summed E-state index contributed by atoms with van der Waals surface area (Å²) in [5.41, 5.74) is 1.76. The highest BCUT2D eigenvalue weighted by molar-refractivity contribution is 5.84. The van der Waals surface area contributed by atoms with Crippen molar-refractivity contribution in [3.8, 4) is 5.69 Å². The maximum Gasteiger partial charge on any atom is 0.236 e. The zero-order valence-electron chi connectivity index (χ0n) is 10.6. The number of nitrogens with zero attached hydrogens (tertiary/aromatic N) is 2. The van der Waals surface area contributed by atoms with Gasteiger partial charge in [-0.05, 0) is 35.0 Å². The second kappa shape index (κ2) is 5.01. The average Bonchev–Trinajstić information content (AvgIpc) is 2.93. The monoisotopic (exact) mass is 264 g/mol. The molecule has 0 unspecified atom stereocenters. The zero-order valence-corrected chi connectivity index (χ0v) is 10.6. The van der Waals surface area contributed by atoms with Crippen molar-refractivity contribution < 1.29 is 4.92 Å². The van der Waals surface area contributed by atoms with Crippen molar-refractivity contribution in [2.45, 2.75) is 0 Å². The van der Waals surface area contributed by atoms with E-state index in [1.54, 1.807) is 0 Å². The number of benzene rings is 2. The second-order valence-electron chi connectivity index (χ2n) is 4.44. The second-order valence-corrected chi connectivity index (χ2v) is 4.44. The Labute approximate surface area is 115 Å². The van der Waals surface area contributed by atoms with Crippen molar-refractivity contribution in [2.24, 2.45) is 0 Å². The van der Waals surface area contributed by atoms with Gasteiger partial charge in [-0.1, -0.05) is 30.3 Å². The summed E-state index contributed by atoms with van der Waals surface area (Å²) in [5, 5.41) is 12.7. The van der Waals surface area contributed by atoms with Gasteiger partial charge in [0.25, 0.3) is 0 Å². The first-order valence-corrected chi connectivity index (χ1v) is 6.22. The topological polar surface area (TPSA) is 48.1 Å². The summed E-state index contributed by atoms with van der Waals surface area (Å²) in [4.78, 5) is 9.97. The van der Waals surface area contributed by atoms with Crippen molar-refractivity contribution in [3.05, 3.63) is 82.8 Å². The lowest BCUT2D eigenvalue weighted by atomic mass is 10.1. The van der Waals surface area contributed by atoms with Crippen LogP contribution >= 0.6 is 0 Å². The predicted octanol–water partition coefficient (Wildman–Crippen LogP) is 3.88. The fourth-order valence-corrected chi connectivity index (χ4v) is 2.23. The Morgan fingerprint density at radius 1 is 1.00 bits per heavy atom. The summed E-state index contributed by atoms with van der Waals surface area (Å²) in [7, 11) is 0. The number of hydrogen-bond acceptors (Lipinski definition) is 2. The van der Waals surface area contributed by atoms with E-state index in [9.17, 15) is 10.1 Å². The van der Waals surface area contributed by atoms with Crippen molar-refractivity contribution in [2.75, 3.05) is 0 Å². The summed E-state index contributed by atoms with van der Waals surface area (Å²) >= 11 is 0. The van der Waals surface area contributed by atoms with Crippen LogP contribution in [0.4, 0.5) is 0 Å². The van der Waals surface area contributed by atoms with Crippen molar-refractivity contribution in [1.82, 2.24) is 4.57 Å². The van der Waals surface area contributed by atoms with E-state index in [2.05, 4.69) is 18.2 Å². The maximum atomic E-state index is 10.4. The number of hydrogen-bond donors (Lipinski definition) is 0. The lowest BCUT2D eigenvalue weighted by Crippen LogP contribution is -1.95. The Balaban J connectivity index is 2.07. The standard InChI is InChI=1S/C16H12N2O2/c19-18(20)11-9-15-6-3-10-17(15)16-8-7-13-4-1-2-5-14(13)12-16/h1-12H/b11-9-. The molecule has 1 heterocycles. The highest BCUT2D eigenvalue weighted by Crippen LogP contribution is 2.20. The van der Waals surface area contributed by atoms with Gasteiger partial charge < -0.3 is 4.57 Å². The van der Waals surface area contributed by atoms with E-state index in [-0.39, 0.29) is 0 Å². The molecule has 0 aliphatic rings. The van der Waals surface area contributed by atoms with Crippen LogP contribution in [-0.2, 0) is 0 Å². The molecule has 2 aromatic carbocycles. The SMILES string of the molecule is O=[N+]([O-])/C=C\c1cccn1-c1ccc2ccccc2c1. The molecule has 1 aromatic heterocycles. The molecule has 0 fully saturated rings.